The lowest BCUT2D eigenvalue weighted by atomic mass is 9.94. The zero-order valence-electron chi connectivity index (χ0n) is 36.1. The summed E-state index contributed by atoms with van der Waals surface area (Å²) in [6.45, 7) is 9.77. The van der Waals surface area contributed by atoms with Gasteiger partial charge in [-0.05, 0) is 121 Å². The summed E-state index contributed by atoms with van der Waals surface area (Å²) in [7, 11) is -2.58. The van der Waals surface area contributed by atoms with Crippen LogP contribution in [0, 0.1) is 20.8 Å². The average molecular weight is 855 g/mol. The second kappa shape index (κ2) is 17.0. The molecule has 5 aromatic rings. The predicted molar refractivity (Wildman–Crippen MR) is 240 cm³/mol. The Morgan fingerprint density at radius 2 is 1.39 bits per heavy atom. The van der Waals surface area contributed by atoms with Crippen molar-refractivity contribution in [3.8, 4) is 16.9 Å². The number of fused-ring (bicyclic) bond motifs is 6. The van der Waals surface area contributed by atoms with E-state index in [2.05, 4.69) is 39.3 Å². The largest absolute Gasteiger partial charge is 0.487 e. The molecule has 1 unspecified atom stereocenters. The highest BCUT2D eigenvalue weighted by molar-refractivity contribution is 7.90. The number of nitrogens with zero attached hydrogens (tertiary/aromatic N) is 2. The molecule has 5 aromatic carbocycles. The molecule has 0 radical (unpaired) electrons. The summed E-state index contributed by atoms with van der Waals surface area (Å²) in [6, 6.07) is 30.7. The summed E-state index contributed by atoms with van der Waals surface area (Å²) in [5.41, 5.74) is 11.0. The molecule has 62 heavy (non-hydrogen) atoms. The summed E-state index contributed by atoms with van der Waals surface area (Å²) in [4.78, 5) is 27.5. The van der Waals surface area contributed by atoms with Crippen LogP contribution < -0.4 is 15.4 Å². The van der Waals surface area contributed by atoms with E-state index in [1.165, 1.54) is 0 Å². The lowest BCUT2D eigenvalue weighted by molar-refractivity contribution is -0.139. The number of nitrogens with one attached hydrogen (secondary N) is 2. The average Bonchev–Trinajstić information content (AvgIpc) is 3.70. The standard InChI is InChI=1S/C50H54N4O7S/c1-30-31(2)46(32(3)41-28-50(4,5)61-45(30)41)62(58,59)53-48(52-44-35-18-9-7-16-33(35)25-26-34-17-8-10-19-36(34)44)54(6)27-15-24-43(47(55)56)51-49(57)60-29-42-39-22-13-11-20-37(39)38-21-12-14-23-40(38)42/h7-14,16-23,42-44H,15,24-29H2,1-6H3,(H,51,57)(H,52,53)(H,55,56). The maximum Gasteiger partial charge on any atom is 0.407 e. The number of alkyl carbamates (subject to hydrolysis) is 1. The minimum Gasteiger partial charge on any atom is -0.487 e. The Hall–Kier alpha value is -6.14. The number of hydrogen-bond donors (Lipinski definition) is 3. The number of benzene rings is 5. The predicted octanol–water partition coefficient (Wildman–Crippen LogP) is 8.55. The number of rotatable bonds is 11. The number of carbonyl (C=O) groups excluding carboxylic acids is 1. The van der Waals surface area contributed by atoms with Crippen LogP contribution in [-0.2, 0) is 38.8 Å². The maximum absolute atomic E-state index is 14.8. The number of aliphatic carboxylic acids is 1. The number of carbonyl (C=O) groups is 2. The van der Waals surface area contributed by atoms with E-state index >= 15 is 0 Å². The molecule has 322 valence electrons. The van der Waals surface area contributed by atoms with Gasteiger partial charge in [-0.3, -0.25) is 0 Å². The molecule has 12 heteroatoms. The van der Waals surface area contributed by atoms with Crippen molar-refractivity contribution in [1.29, 1.82) is 0 Å². The van der Waals surface area contributed by atoms with Crippen LogP contribution in [-0.4, -0.2) is 68.3 Å². The molecular formula is C50H54N4O7S. The van der Waals surface area contributed by atoms with Gasteiger partial charge in [0, 0.05) is 31.5 Å². The summed E-state index contributed by atoms with van der Waals surface area (Å²) >= 11 is 0. The van der Waals surface area contributed by atoms with Crippen LogP contribution in [0.3, 0.4) is 0 Å². The zero-order valence-corrected chi connectivity index (χ0v) is 36.9. The summed E-state index contributed by atoms with van der Waals surface area (Å²) in [5.74, 6) is -0.527. The fourth-order valence-electron chi connectivity index (χ4n) is 9.48. The summed E-state index contributed by atoms with van der Waals surface area (Å²) in [5, 5.41) is 16.3. The number of guanidine groups is 1. The summed E-state index contributed by atoms with van der Waals surface area (Å²) < 4.78 is 46.1. The fourth-order valence-corrected chi connectivity index (χ4v) is 11.0. The van der Waals surface area contributed by atoms with Crippen molar-refractivity contribution in [2.45, 2.75) is 95.2 Å². The van der Waals surface area contributed by atoms with Gasteiger partial charge in [-0.25, -0.2) is 9.59 Å². The monoisotopic (exact) mass is 854 g/mol. The molecule has 3 N–H and O–H groups in total. The van der Waals surface area contributed by atoms with Crippen molar-refractivity contribution >= 4 is 28.0 Å². The molecule has 2 aliphatic carbocycles. The molecule has 0 spiro atoms. The van der Waals surface area contributed by atoms with Gasteiger partial charge >= 0.3 is 12.1 Å². The zero-order chi connectivity index (χ0) is 43.9. The molecule has 1 heterocycles. The van der Waals surface area contributed by atoms with Gasteiger partial charge in [-0.1, -0.05) is 97.1 Å². The van der Waals surface area contributed by atoms with E-state index < -0.39 is 39.8 Å². The molecule has 1 aliphatic heterocycles. The van der Waals surface area contributed by atoms with Crippen molar-refractivity contribution in [1.82, 2.24) is 15.5 Å². The van der Waals surface area contributed by atoms with E-state index in [-0.39, 0.29) is 42.8 Å². The van der Waals surface area contributed by atoms with Crippen LogP contribution in [0.4, 0.5) is 4.79 Å². The number of ether oxygens (including phenoxy) is 2. The second-order valence-electron chi connectivity index (χ2n) is 17.3. The van der Waals surface area contributed by atoms with Crippen LogP contribution in [0.15, 0.2) is 106 Å². The van der Waals surface area contributed by atoms with Gasteiger partial charge in [0.25, 0.3) is 10.0 Å². The molecule has 0 bridgehead atoms. The highest BCUT2D eigenvalue weighted by Crippen LogP contribution is 2.46. The van der Waals surface area contributed by atoms with E-state index in [1.807, 2.05) is 100 Å². The summed E-state index contributed by atoms with van der Waals surface area (Å²) in [6.07, 6.45) is 1.72. The van der Waals surface area contributed by atoms with Crippen LogP contribution in [0.25, 0.3) is 11.1 Å². The Bertz CT molecular complexity index is 2620. The first-order valence-electron chi connectivity index (χ1n) is 21.3. The number of amides is 1. The molecule has 3 aliphatic rings. The quantitative estimate of drug-likeness (QED) is 0.0879. The first-order valence-corrected chi connectivity index (χ1v) is 22.7. The molecular weight excluding hydrogens is 801 g/mol. The molecule has 11 nitrogen and oxygen atoms in total. The Balaban J connectivity index is 1.04. The lowest BCUT2D eigenvalue weighted by Crippen LogP contribution is -2.44. The molecule has 0 aromatic heterocycles. The molecule has 0 saturated carbocycles. The number of sulfonamides is 1. The van der Waals surface area contributed by atoms with E-state index in [9.17, 15) is 23.1 Å². The highest BCUT2D eigenvalue weighted by Gasteiger charge is 2.37. The van der Waals surface area contributed by atoms with Gasteiger partial charge in [0.15, 0.2) is 0 Å². The van der Waals surface area contributed by atoms with Gasteiger partial charge in [0.05, 0.1) is 10.9 Å². The maximum atomic E-state index is 14.8. The van der Waals surface area contributed by atoms with E-state index in [0.717, 1.165) is 74.2 Å². The smallest absolute Gasteiger partial charge is 0.407 e. The van der Waals surface area contributed by atoms with Gasteiger partial charge in [0.1, 0.15) is 24.0 Å². The number of aryl methyl sites for hydroxylation is 2. The van der Waals surface area contributed by atoms with Crippen molar-refractivity contribution in [3.63, 3.8) is 0 Å². The fraction of sp³-hybridized carbons (Fsp3) is 0.340. The Morgan fingerprint density at radius 1 is 0.839 bits per heavy atom. The topological polar surface area (TPSA) is 147 Å². The molecule has 0 fully saturated rings. The first kappa shape index (κ1) is 42.5. The van der Waals surface area contributed by atoms with Crippen LogP contribution in [0.5, 0.6) is 5.75 Å². The number of carboxylic acids is 1. The number of hydrogen-bond acceptors (Lipinski definition) is 6. The molecule has 0 saturated heterocycles. The Kier molecular flexibility index (Phi) is 11.6. The van der Waals surface area contributed by atoms with E-state index in [4.69, 9.17) is 9.47 Å². The molecule has 1 amide bonds. The van der Waals surface area contributed by atoms with Crippen LogP contribution in [0.2, 0.25) is 0 Å². The minimum atomic E-state index is -4.32. The van der Waals surface area contributed by atoms with E-state index in [0.29, 0.717) is 17.5 Å². The van der Waals surface area contributed by atoms with Gasteiger partial charge < -0.3 is 30.1 Å². The Labute approximate surface area is 364 Å². The normalized spacial score (nSPS) is 15.8. The highest BCUT2D eigenvalue weighted by atomic mass is 32.2. The Morgan fingerprint density at radius 3 is 1.97 bits per heavy atom. The molecule has 8 rings (SSSR count). The van der Waals surface area contributed by atoms with E-state index in [1.54, 1.807) is 18.9 Å². The third kappa shape index (κ3) is 8.27. The molecule has 1 atom stereocenters. The second-order valence-corrected chi connectivity index (χ2v) is 18.9. The third-order valence-electron chi connectivity index (χ3n) is 12.7. The van der Waals surface area contributed by atoms with Crippen molar-refractivity contribution in [3.05, 3.63) is 153 Å². The van der Waals surface area contributed by atoms with Crippen LogP contribution >= 0.6 is 0 Å². The van der Waals surface area contributed by atoms with Crippen molar-refractivity contribution in [2.24, 2.45) is 4.40 Å². The lowest BCUT2D eigenvalue weighted by Gasteiger charge is -2.29. The van der Waals surface area contributed by atoms with Gasteiger partial charge in [-0.2, -0.15) is 8.42 Å². The van der Waals surface area contributed by atoms with Crippen LogP contribution in [0.1, 0.15) is 94.3 Å². The van der Waals surface area contributed by atoms with Crippen molar-refractivity contribution < 1.29 is 32.6 Å². The van der Waals surface area contributed by atoms with Crippen molar-refractivity contribution in [2.75, 3.05) is 20.2 Å². The van der Waals surface area contributed by atoms with Gasteiger partial charge in [0.2, 0.25) is 5.96 Å². The minimum absolute atomic E-state index is 0.0514. The SMILES string of the molecule is Cc1c(C)c(S(=O)(=O)/N=C(\NC2c3ccccc3CCc3ccccc32)N(C)CCCC(NC(=O)OCC2c3ccccc3-c3ccccc32)C(=O)O)c(C)c2c1OC(C)(C)C2. The van der Waals surface area contributed by atoms with Gasteiger partial charge in [-0.15, -0.1) is 4.40 Å². The third-order valence-corrected chi connectivity index (χ3v) is 14.2. The first-order chi connectivity index (χ1) is 29.6. The number of carboxylic acid groups (broad SMARTS) is 1.